The summed E-state index contributed by atoms with van der Waals surface area (Å²) in [5.74, 6) is 2.25. The summed E-state index contributed by atoms with van der Waals surface area (Å²) >= 11 is 1.72. The van der Waals surface area contributed by atoms with Crippen LogP contribution in [0, 0.1) is 0 Å². The molecular weight excluding hydrogens is 284 g/mol. The van der Waals surface area contributed by atoms with Gasteiger partial charge < -0.3 is 13.9 Å². The molecule has 1 aromatic heterocycles. The van der Waals surface area contributed by atoms with Crippen molar-refractivity contribution in [1.29, 1.82) is 0 Å². The lowest BCUT2D eigenvalue weighted by Crippen LogP contribution is -1.86. The third-order valence-corrected chi connectivity index (χ3v) is 4.13. The second-order valence-electron chi connectivity index (χ2n) is 4.59. The van der Waals surface area contributed by atoms with Crippen LogP contribution >= 0.6 is 11.8 Å². The van der Waals surface area contributed by atoms with Gasteiger partial charge in [-0.25, -0.2) is 0 Å². The highest BCUT2D eigenvalue weighted by Gasteiger charge is 2.12. The molecule has 0 aliphatic carbocycles. The number of benzene rings is 2. The lowest BCUT2D eigenvalue weighted by molar-refractivity contribution is 0.393. The van der Waals surface area contributed by atoms with Crippen LogP contribution in [0.3, 0.4) is 0 Å². The van der Waals surface area contributed by atoms with E-state index in [1.54, 1.807) is 26.0 Å². The van der Waals surface area contributed by atoms with Gasteiger partial charge >= 0.3 is 0 Å². The summed E-state index contributed by atoms with van der Waals surface area (Å²) in [5.41, 5.74) is 1.78. The zero-order valence-electron chi connectivity index (χ0n) is 12.2. The Morgan fingerprint density at radius 3 is 2.33 bits per heavy atom. The van der Waals surface area contributed by atoms with Crippen molar-refractivity contribution < 1.29 is 13.9 Å². The summed E-state index contributed by atoms with van der Waals surface area (Å²) in [6, 6.07) is 14.1. The van der Waals surface area contributed by atoms with Crippen molar-refractivity contribution >= 4 is 22.7 Å². The van der Waals surface area contributed by atoms with Crippen molar-refractivity contribution in [1.82, 2.24) is 0 Å². The van der Waals surface area contributed by atoms with Gasteiger partial charge in [0.15, 0.2) is 11.3 Å². The lowest BCUT2D eigenvalue weighted by atomic mass is 10.1. The van der Waals surface area contributed by atoms with Gasteiger partial charge in [0, 0.05) is 21.9 Å². The zero-order chi connectivity index (χ0) is 14.8. The Balaban J connectivity index is 2.11. The first kappa shape index (κ1) is 13.9. The predicted molar refractivity (Wildman–Crippen MR) is 86.5 cm³/mol. The average molecular weight is 300 g/mol. The number of hydrogen-bond donors (Lipinski definition) is 0. The highest BCUT2D eigenvalue weighted by molar-refractivity contribution is 7.98. The third-order valence-electron chi connectivity index (χ3n) is 3.39. The molecule has 0 saturated carbocycles. The number of furan rings is 1. The van der Waals surface area contributed by atoms with Crippen molar-refractivity contribution in [3.05, 3.63) is 42.5 Å². The molecule has 0 N–H and O–H groups in total. The fourth-order valence-electron chi connectivity index (χ4n) is 2.26. The lowest BCUT2D eigenvalue weighted by Gasteiger charge is -2.04. The first-order valence-corrected chi connectivity index (χ1v) is 7.77. The minimum absolute atomic E-state index is 0.677. The van der Waals surface area contributed by atoms with Crippen LogP contribution in [0.2, 0.25) is 0 Å². The van der Waals surface area contributed by atoms with Crippen LogP contribution in [0.5, 0.6) is 11.5 Å². The molecule has 3 nitrogen and oxygen atoms in total. The Kier molecular flexibility index (Phi) is 3.80. The van der Waals surface area contributed by atoms with Crippen molar-refractivity contribution in [2.24, 2.45) is 0 Å². The van der Waals surface area contributed by atoms with Crippen LogP contribution in [-0.4, -0.2) is 20.5 Å². The third kappa shape index (κ3) is 2.59. The standard InChI is InChI=1S/C17H16O3S/c1-18-13-8-12-9-15(20-17(12)16(10-13)19-2)11-4-6-14(21-3)7-5-11/h4-10H,1-3H3. The van der Waals surface area contributed by atoms with Crippen LogP contribution in [0.1, 0.15) is 0 Å². The molecule has 0 unspecified atom stereocenters. The fourth-order valence-corrected chi connectivity index (χ4v) is 2.67. The van der Waals surface area contributed by atoms with Gasteiger partial charge in [0.25, 0.3) is 0 Å². The summed E-state index contributed by atoms with van der Waals surface area (Å²) in [6.07, 6.45) is 2.06. The summed E-state index contributed by atoms with van der Waals surface area (Å²) in [4.78, 5) is 1.23. The molecule has 0 fully saturated rings. The molecular formula is C17H16O3S. The molecule has 3 rings (SSSR count). The highest BCUT2D eigenvalue weighted by Crippen LogP contribution is 2.36. The number of methoxy groups -OCH3 is 2. The van der Waals surface area contributed by atoms with Crippen LogP contribution in [0.4, 0.5) is 0 Å². The van der Waals surface area contributed by atoms with E-state index in [0.717, 1.165) is 28.0 Å². The first-order chi connectivity index (χ1) is 10.2. The fraction of sp³-hybridized carbons (Fsp3) is 0.176. The van der Waals surface area contributed by atoms with Crippen LogP contribution in [0.25, 0.3) is 22.3 Å². The highest BCUT2D eigenvalue weighted by atomic mass is 32.2. The molecule has 21 heavy (non-hydrogen) atoms. The van der Waals surface area contributed by atoms with Gasteiger partial charge in [-0.2, -0.15) is 0 Å². The Morgan fingerprint density at radius 2 is 1.71 bits per heavy atom. The molecule has 4 heteroatoms. The Morgan fingerprint density at radius 1 is 0.952 bits per heavy atom. The smallest absolute Gasteiger partial charge is 0.176 e. The second kappa shape index (κ2) is 5.74. The number of hydrogen-bond acceptors (Lipinski definition) is 4. The molecule has 0 atom stereocenters. The van der Waals surface area contributed by atoms with Gasteiger partial charge in [-0.1, -0.05) is 12.1 Å². The van der Waals surface area contributed by atoms with Crippen LogP contribution in [-0.2, 0) is 0 Å². The SMILES string of the molecule is COc1cc(OC)c2oc(-c3ccc(SC)cc3)cc2c1. The normalized spacial score (nSPS) is 10.8. The summed E-state index contributed by atoms with van der Waals surface area (Å²) < 4.78 is 16.6. The van der Waals surface area contributed by atoms with Crippen molar-refractivity contribution in [2.75, 3.05) is 20.5 Å². The van der Waals surface area contributed by atoms with E-state index in [-0.39, 0.29) is 0 Å². The molecule has 0 aliphatic heterocycles. The second-order valence-corrected chi connectivity index (χ2v) is 5.47. The number of thioether (sulfide) groups is 1. The molecule has 0 amide bonds. The number of ether oxygens (including phenoxy) is 2. The quantitative estimate of drug-likeness (QED) is 0.645. The van der Waals surface area contributed by atoms with E-state index in [9.17, 15) is 0 Å². The van der Waals surface area contributed by atoms with Gasteiger partial charge in [-0.3, -0.25) is 0 Å². The molecule has 0 saturated heterocycles. The molecule has 108 valence electrons. The maximum absolute atomic E-state index is 5.96. The van der Waals surface area contributed by atoms with Gasteiger partial charge in [-0.15, -0.1) is 11.8 Å². The summed E-state index contributed by atoms with van der Waals surface area (Å²) in [6.45, 7) is 0. The molecule has 0 bridgehead atoms. The minimum atomic E-state index is 0.677. The zero-order valence-corrected chi connectivity index (χ0v) is 13.0. The van der Waals surface area contributed by atoms with E-state index < -0.39 is 0 Å². The van der Waals surface area contributed by atoms with E-state index in [4.69, 9.17) is 13.9 Å². The van der Waals surface area contributed by atoms with Gasteiger partial charge in [-0.05, 0) is 30.5 Å². The summed E-state index contributed by atoms with van der Waals surface area (Å²) in [7, 11) is 3.27. The molecule has 3 aromatic rings. The van der Waals surface area contributed by atoms with Crippen LogP contribution < -0.4 is 9.47 Å². The maximum Gasteiger partial charge on any atom is 0.176 e. The molecule has 0 spiro atoms. The molecule has 1 heterocycles. The topological polar surface area (TPSA) is 31.6 Å². The first-order valence-electron chi connectivity index (χ1n) is 6.55. The Hall–Kier alpha value is -2.07. The largest absolute Gasteiger partial charge is 0.497 e. The minimum Gasteiger partial charge on any atom is -0.497 e. The Labute approximate surface area is 127 Å². The van der Waals surface area contributed by atoms with Gasteiger partial charge in [0.1, 0.15) is 11.5 Å². The predicted octanol–water partition coefficient (Wildman–Crippen LogP) is 4.84. The van der Waals surface area contributed by atoms with E-state index in [1.165, 1.54) is 4.90 Å². The van der Waals surface area contributed by atoms with Crippen LogP contribution in [0.15, 0.2) is 51.8 Å². The van der Waals surface area contributed by atoms with Crippen molar-refractivity contribution in [3.8, 4) is 22.8 Å². The molecule has 0 aliphatic rings. The van der Waals surface area contributed by atoms with Crippen molar-refractivity contribution in [2.45, 2.75) is 4.90 Å². The van der Waals surface area contributed by atoms with E-state index in [1.807, 2.05) is 18.2 Å². The maximum atomic E-state index is 5.96. The number of fused-ring (bicyclic) bond motifs is 1. The summed E-state index contributed by atoms with van der Waals surface area (Å²) in [5, 5.41) is 0.968. The average Bonchev–Trinajstić information content (AvgIpc) is 2.97. The van der Waals surface area contributed by atoms with E-state index >= 15 is 0 Å². The van der Waals surface area contributed by atoms with Gasteiger partial charge in [0.05, 0.1) is 14.2 Å². The molecule has 0 radical (unpaired) electrons. The molecule has 2 aromatic carbocycles. The Bertz CT molecular complexity index is 760. The number of rotatable bonds is 4. The van der Waals surface area contributed by atoms with E-state index in [0.29, 0.717) is 5.75 Å². The van der Waals surface area contributed by atoms with Gasteiger partial charge in [0.2, 0.25) is 0 Å². The monoisotopic (exact) mass is 300 g/mol. The van der Waals surface area contributed by atoms with Crippen molar-refractivity contribution in [3.63, 3.8) is 0 Å². The van der Waals surface area contributed by atoms with E-state index in [2.05, 4.69) is 30.5 Å².